The van der Waals surface area contributed by atoms with E-state index in [0.29, 0.717) is 12.2 Å². The lowest BCUT2D eigenvalue weighted by atomic mass is 10.0. The normalized spacial score (nSPS) is 11.0. The van der Waals surface area contributed by atoms with Crippen LogP contribution in [-0.4, -0.2) is 0 Å². The zero-order valence-electron chi connectivity index (χ0n) is 14.5. The Kier molecular flexibility index (Phi) is 5.59. The van der Waals surface area contributed by atoms with Crippen molar-refractivity contribution in [2.24, 2.45) is 0 Å². The SMILES string of the molecule is CCCCc1cc(=O)oc2c(C)c(OCc3ccc(Br)cc3)ccc12. The maximum Gasteiger partial charge on any atom is 0.336 e. The number of benzene rings is 2. The highest BCUT2D eigenvalue weighted by Crippen LogP contribution is 2.29. The number of hydrogen-bond donors (Lipinski definition) is 0. The van der Waals surface area contributed by atoms with E-state index in [1.165, 1.54) is 0 Å². The minimum absolute atomic E-state index is 0.299. The molecule has 1 heterocycles. The average molecular weight is 401 g/mol. The number of ether oxygens (including phenoxy) is 1. The maximum absolute atomic E-state index is 11.9. The molecule has 4 heteroatoms. The van der Waals surface area contributed by atoms with Gasteiger partial charge < -0.3 is 9.15 Å². The smallest absolute Gasteiger partial charge is 0.336 e. The maximum atomic E-state index is 11.9. The topological polar surface area (TPSA) is 39.4 Å². The lowest BCUT2D eigenvalue weighted by molar-refractivity contribution is 0.304. The molecule has 3 rings (SSSR count). The first-order valence-corrected chi connectivity index (χ1v) is 9.31. The van der Waals surface area contributed by atoms with Gasteiger partial charge >= 0.3 is 5.63 Å². The van der Waals surface area contributed by atoms with Crippen LogP contribution < -0.4 is 10.4 Å². The van der Waals surface area contributed by atoms with Crippen molar-refractivity contribution < 1.29 is 9.15 Å². The number of fused-ring (bicyclic) bond motifs is 1. The Morgan fingerprint density at radius 2 is 1.88 bits per heavy atom. The fourth-order valence-corrected chi connectivity index (χ4v) is 3.14. The van der Waals surface area contributed by atoms with Gasteiger partial charge in [-0.2, -0.15) is 0 Å². The summed E-state index contributed by atoms with van der Waals surface area (Å²) in [6, 6.07) is 13.6. The van der Waals surface area contributed by atoms with Crippen LogP contribution in [0.5, 0.6) is 5.75 Å². The van der Waals surface area contributed by atoms with E-state index in [0.717, 1.165) is 51.6 Å². The number of halogens is 1. The summed E-state index contributed by atoms with van der Waals surface area (Å²) >= 11 is 3.43. The molecule has 3 aromatic rings. The monoisotopic (exact) mass is 400 g/mol. The van der Waals surface area contributed by atoms with Crippen molar-refractivity contribution in [3.63, 3.8) is 0 Å². The van der Waals surface area contributed by atoms with Gasteiger partial charge in [0.15, 0.2) is 0 Å². The molecule has 0 aliphatic rings. The van der Waals surface area contributed by atoms with Gasteiger partial charge in [-0.15, -0.1) is 0 Å². The third kappa shape index (κ3) is 4.13. The summed E-state index contributed by atoms with van der Waals surface area (Å²) in [5.41, 5.74) is 3.33. The Morgan fingerprint density at radius 1 is 1.12 bits per heavy atom. The average Bonchev–Trinajstić information content (AvgIpc) is 2.61. The van der Waals surface area contributed by atoms with E-state index < -0.39 is 0 Å². The van der Waals surface area contributed by atoms with Crippen molar-refractivity contribution >= 4 is 26.9 Å². The Morgan fingerprint density at radius 3 is 2.60 bits per heavy atom. The molecule has 0 N–H and O–H groups in total. The molecule has 0 saturated carbocycles. The van der Waals surface area contributed by atoms with Crippen LogP contribution in [0.15, 0.2) is 56.1 Å². The van der Waals surface area contributed by atoms with E-state index in [-0.39, 0.29) is 5.63 Å². The van der Waals surface area contributed by atoms with Gasteiger partial charge in [-0.3, -0.25) is 0 Å². The van der Waals surface area contributed by atoms with Crippen LogP contribution in [0, 0.1) is 6.92 Å². The Bertz CT molecular complexity index is 926. The molecule has 0 radical (unpaired) electrons. The number of aryl methyl sites for hydroxylation is 2. The molecule has 130 valence electrons. The highest BCUT2D eigenvalue weighted by Gasteiger charge is 2.12. The fourth-order valence-electron chi connectivity index (χ4n) is 2.88. The van der Waals surface area contributed by atoms with Crippen molar-refractivity contribution in [2.45, 2.75) is 39.7 Å². The van der Waals surface area contributed by atoms with Crippen molar-refractivity contribution in [2.75, 3.05) is 0 Å². The molecule has 2 aromatic carbocycles. The van der Waals surface area contributed by atoms with Crippen LogP contribution in [-0.2, 0) is 13.0 Å². The largest absolute Gasteiger partial charge is 0.488 e. The van der Waals surface area contributed by atoms with E-state index >= 15 is 0 Å². The summed E-state index contributed by atoms with van der Waals surface area (Å²) in [6.07, 6.45) is 3.03. The second kappa shape index (κ2) is 7.87. The second-order valence-corrected chi connectivity index (χ2v) is 7.09. The first-order chi connectivity index (χ1) is 12.1. The highest BCUT2D eigenvalue weighted by atomic mass is 79.9. The number of unbranched alkanes of at least 4 members (excludes halogenated alkanes) is 1. The van der Waals surface area contributed by atoms with Crippen LogP contribution in [0.4, 0.5) is 0 Å². The molecule has 0 unspecified atom stereocenters. The molecule has 0 bridgehead atoms. The molecule has 0 atom stereocenters. The Labute approximate surface area is 155 Å². The predicted octanol–water partition coefficient (Wildman–Crippen LogP) is 5.79. The van der Waals surface area contributed by atoms with Gasteiger partial charge in [0.2, 0.25) is 0 Å². The van der Waals surface area contributed by atoms with Gasteiger partial charge in [-0.25, -0.2) is 4.79 Å². The predicted molar refractivity (Wildman–Crippen MR) is 104 cm³/mol. The molecule has 0 aliphatic carbocycles. The van der Waals surface area contributed by atoms with E-state index in [4.69, 9.17) is 9.15 Å². The quantitative estimate of drug-likeness (QED) is 0.491. The molecule has 0 amide bonds. The van der Waals surface area contributed by atoms with E-state index in [9.17, 15) is 4.79 Å². The van der Waals surface area contributed by atoms with Crippen LogP contribution in [0.25, 0.3) is 11.0 Å². The summed E-state index contributed by atoms with van der Waals surface area (Å²) in [7, 11) is 0. The molecule has 0 aliphatic heterocycles. The first-order valence-electron chi connectivity index (χ1n) is 8.52. The zero-order chi connectivity index (χ0) is 17.8. The van der Waals surface area contributed by atoms with Gasteiger partial charge in [0, 0.05) is 21.5 Å². The van der Waals surface area contributed by atoms with Crippen LogP contribution in [0.2, 0.25) is 0 Å². The molecule has 0 saturated heterocycles. The van der Waals surface area contributed by atoms with Crippen molar-refractivity contribution in [1.82, 2.24) is 0 Å². The minimum atomic E-state index is -0.299. The van der Waals surface area contributed by atoms with Crippen LogP contribution >= 0.6 is 15.9 Å². The summed E-state index contributed by atoms with van der Waals surface area (Å²) in [6.45, 7) is 4.55. The molecule has 0 spiro atoms. The molecule has 1 aromatic heterocycles. The number of rotatable bonds is 6. The Hall–Kier alpha value is -2.07. The summed E-state index contributed by atoms with van der Waals surface area (Å²) < 4.78 is 12.5. The van der Waals surface area contributed by atoms with Crippen molar-refractivity contribution in [1.29, 1.82) is 0 Å². The lowest BCUT2D eigenvalue weighted by Crippen LogP contribution is -2.03. The fraction of sp³-hybridized carbons (Fsp3) is 0.286. The lowest BCUT2D eigenvalue weighted by Gasteiger charge is -2.12. The van der Waals surface area contributed by atoms with Gasteiger partial charge in [-0.1, -0.05) is 41.4 Å². The van der Waals surface area contributed by atoms with Gasteiger partial charge in [0.1, 0.15) is 17.9 Å². The number of hydrogen-bond acceptors (Lipinski definition) is 3. The molecular formula is C21H21BrO3. The van der Waals surface area contributed by atoms with Crippen molar-refractivity contribution in [3.8, 4) is 5.75 Å². The highest BCUT2D eigenvalue weighted by molar-refractivity contribution is 9.10. The van der Waals surface area contributed by atoms with Gasteiger partial charge in [0.25, 0.3) is 0 Å². The summed E-state index contributed by atoms with van der Waals surface area (Å²) in [5, 5.41) is 1.00. The summed E-state index contributed by atoms with van der Waals surface area (Å²) in [5.74, 6) is 0.742. The van der Waals surface area contributed by atoms with E-state index in [1.54, 1.807) is 6.07 Å². The van der Waals surface area contributed by atoms with E-state index in [1.807, 2.05) is 43.3 Å². The molecule has 0 fully saturated rings. The summed E-state index contributed by atoms with van der Waals surface area (Å²) in [4.78, 5) is 11.9. The Balaban J connectivity index is 1.91. The third-order valence-electron chi connectivity index (χ3n) is 4.30. The van der Waals surface area contributed by atoms with E-state index in [2.05, 4.69) is 22.9 Å². The van der Waals surface area contributed by atoms with Crippen molar-refractivity contribution in [3.05, 3.63) is 74.0 Å². The first kappa shape index (κ1) is 17.7. The standard InChI is InChI=1S/C21H21BrO3/c1-3-4-5-16-12-20(23)25-21-14(2)19(11-10-18(16)21)24-13-15-6-8-17(22)9-7-15/h6-12H,3-5,13H2,1-2H3. The zero-order valence-corrected chi connectivity index (χ0v) is 16.1. The second-order valence-electron chi connectivity index (χ2n) is 6.17. The molecule has 25 heavy (non-hydrogen) atoms. The minimum Gasteiger partial charge on any atom is -0.488 e. The van der Waals surface area contributed by atoms with Crippen LogP contribution in [0.1, 0.15) is 36.5 Å². The van der Waals surface area contributed by atoms with Gasteiger partial charge in [-0.05, 0) is 55.2 Å². The third-order valence-corrected chi connectivity index (χ3v) is 4.83. The van der Waals surface area contributed by atoms with Crippen LogP contribution in [0.3, 0.4) is 0 Å². The molecule has 3 nitrogen and oxygen atoms in total. The van der Waals surface area contributed by atoms with Gasteiger partial charge in [0.05, 0.1) is 0 Å². The molecular weight excluding hydrogens is 380 g/mol.